The zero-order chi connectivity index (χ0) is 25.8. The van der Waals surface area contributed by atoms with Crippen molar-refractivity contribution in [3.05, 3.63) is 52.0 Å². The van der Waals surface area contributed by atoms with Crippen LogP contribution >= 0.6 is 32.0 Å². The van der Waals surface area contributed by atoms with Gasteiger partial charge in [-0.15, -0.1) is 0 Å². The van der Waals surface area contributed by atoms with Crippen LogP contribution in [-0.2, 0) is 23.4 Å². The largest absolute Gasteiger partial charge is 0.463 e. The number of nitrogens with one attached hydrogen (secondary N) is 1. The van der Waals surface area contributed by atoms with Crippen LogP contribution in [0.4, 0.5) is 4.39 Å². The number of carbonyl (C=O) groups excluding carboxylic acids is 1. The van der Waals surface area contributed by atoms with Crippen LogP contribution in [-0.4, -0.2) is 46.2 Å². The van der Waals surface area contributed by atoms with Crippen molar-refractivity contribution in [2.75, 3.05) is 12.8 Å². The Bertz CT molecular complexity index is 1190. The van der Waals surface area contributed by atoms with E-state index in [1.165, 1.54) is 11.5 Å². The smallest absolute Gasteiger partial charge is 0.380 e. The van der Waals surface area contributed by atoms with E-state index in [0.29, 0.717) is 10.4 Å². The number of rotatable bonds is 10. The molecule has 1 fully saturated rings. The summed E-state index contributed by atoms with van der Waals surface area (Å²) in [5.74, 6) is -0.933. The number of benzene rings is 1. The fourth-order valence-electron chi connectivity index (χ4n) is 3.70. The summed E-state index contributed by atoms with van der Waals surface area (Å²) in [4.78, 5) is 15.1. The third-order valence-electron chi connectivity index (χ3n) is 5.26. The molecule has 0 amide bonds. The van der Waals surface area contributed by atoms with E-state index in [4.69, 9.17) is 43.0 Å². The summed E-state index contributed by atoms with van der Waals surface area (Å²) in [6, 6.07) is 10.1. The molecule has 0 spiro atoms. The average molecular weight is 545 g/mol. The van der Waals surface area contributed by atoms with Crippen LogP contribution in [0.25, 0.3) is 0 Å². The minimum atomic E-state index is -3.85. The molecule has 3 rings (SSSR count). The Balaban J connectivity index is 1.75. The predicted octanol–water partition coefficient (Wildman–Crippen LogP) is 6.17. The maximum atomic E-state index is 15.4. The fourth-order valence-corrected chi connectivity index (χ4v) is 6.07. The summed E-state index contributed by atoms with van der Waals surface area (Å²) in [5.41, 5.74) is -1.78. The number of aromatic amines is 1. The second-order valence-electron chi connectivity index (χ2n) is 8.99. The number of ether oxygens (including phenoxy) is 2. The highest BCUT2D eigenvalue weighted by atomic mass is 32.1. The van der Waals surface area contributed by atoms with Gasteiger partial charge in [-0.3, -0.25) is 13.9 Å². The van der Waals surface area contributed by atoms with Crippen molar-refractivity contribution >= 4 is 38.0 Å². The van der Waals surface area contributed by atoms with E-state index in [1.54, 1.807) is 63.4 Å². The topological polar surface area (TPSA) is 91.8 Å². The van der Waals surface area contributed by atoms with E-state index in [1.807, 2.05) is 0 Å². The Hall–Kier alpha value is -1.91. The van der Waals surface area contributed by atoms with Crippen molar-refractivity contribution in [2.24, 2.45) is 5.92 Å². The highest BCUT2D eigenvalue weighted by Gasteiger charge is 2.48. The van der Waals surface area contributed by atoms with Gasteiger partial charge in [-0.2, -0.15) is 0 Å². The Morgan fingerprint density at radius 2 is 1.97 bits per heavy atom. The molecule has 1 aliphatic heterocycles. The van der Waals surface area contributed by atoms with Crippen LogP contribution in [0.1, 0.15) is 40.3 Å². The maximum absolute atomic E-state index is 15.4. The van der Waals surface area contributed by atoms with Crippen molar-refractivity contribution in [1.29, 1.82) is 0 Å². The van der Waals surface area contributed by atoms with E-state index >= 15 is 4.39 Å². The van der Waals surface area contributed by atoms with Crippen LogP contribution in [0.5, 0.6) is 5.75 Å². The number of halogens is 1. The number of para-hydroxylation sites is 1. The highest BCUT2D eigenvalue weighted by Crippen LogP contribution is 2.51. The molecule has 5 atom stereocenters. The van der Waals surface area contributed by atoms with Crippen molar-refractivity contribution in [2.45, 2.75) is 58.2 Å². The van der Waals surface area contributed by atoms with Gasteiger partial charge in [-0.25, -0.2) is 8.96 Å². The number of carbonyl (C=O) groups is 1. The Morgan fingerprint density at radius 1 is 1.29 bits per heavy atom. The summed E-state index contributed by atoms with van der Waals surface area (Å²) in [7, 11) is -3.85. The van der Waals surface area contributed by atoms with E-state index < -0.39 is 37.5 Å². The third-order valence-corrected chi connectivity index (χ3v) is 7.84. The van der Waals surface area contributed by atoms with Crippen molar-refractivity contribution < 1.29 is 32.3 Å². The molecule has 1 saturated heterocycles. The van der Waals surface area contributed by atoms with Crippen molar-refractivity contribution in [3.8, 4) is 5.75 Å². The standard InChI is InChI=1S/C23H30FN2O6PS2/c1-15(2)30-20(27)16(3)14-33(28,32-17-8-6-5-7-9-17)29-13-18-12-23(4,24)21(31-18)26-11-10-19(34)25-22(26)35/h5-11,15-16,18,21H,12-14H2,1-4H3,(H,25,34,35)/t16-,18+,21-,23?,33?/m1/s1. The molecule has 1 aliphatic rings. The van der Waals surface area contributed by atoms with Gasteiger partial charge in [0, 0.05) is 12.6 Å². The zero-order valence-electron chi connectivity index (χ0n) is 20.0. The number of alkyl halides is 1. The lowest BCUT2D eigenvalue weighted by Crippen LogP contribution is -2.28. The number of hydrogen-bond acceptors (Lipinski definition) is 8. The molecule has 12 heteroatoms. The summed E-state index contributed by atoms with van der Waals surface area (Å²) >= 11 is 10.3. The van der Waals surface area contributed by atoms with Crippen molar-refractivity contribution in [3.63, 3.8) is 0 Å². The van der Waals surface area contributed by atoms with Gasteiger partial charge >= 0.3 is 13.6 Å². The van der Waals surface area contributed by atoms with Gasteiger partial charge in [-0.1, -0.05) is 37.3 Å². The Kier molecular flexibility index (Phi) is 9.04. The van der Waals surface area contributed by atoms with Gasteiger partial charge < -0.3 is 19.0 Å². The molecule has 0 aliphatic carbocycles. The number of nitrogens with zero attached hydrogens (tertiary/aromatic N) is 1. The second kappa shape index (κ2) is 11.4. The summed E-state index contributed by atoms with van der Waals surface area (Å²) in [5, 5.41) is 0. The zero-order valence-corrected chi connectivity index (χ0v) is 22.5. The molecule has 35 heavy (non-hydrogen) atoms. The van der Waals surface area contributed by atoms with Gasteiger partial charge in [0.2, 0.25) is 0 Å². The van der Waals surface area contributed by atoms with Gasteiger partial charge in [0.15, 0.2) is 16.7 Å². The lowest BCUT2D eigenvalue weighted by Gasteiger charge is -2.24. The Labute approximate surface area is 214 Å². The van der Waals surface area contributed by atoms with E-state index in [9.17, 15) is 9.36 Å². The van der Waals surface area contributed by atoms with Crippen LogP contribution in [0.3, 0.4) is 0 Å². The molecule has 1 aromatic heterocycles. The number of aromatic nitrogens is 2. The Morgan fingerprint density at radius 3 is 2.60 bits per heavy atom. The summed E-state index contributed by atoms with van der Waals surface area (Å²) < 4.78 is 53.9. The fraction of sp³-hybridized carbons (Fsp3) is 0.522. The molecular formula is C23H30FN2O6PS2. The quantitative estimate of drug-likeness (QED) is 0.216. The lowest BCUT2D eigenvalue weighted by atomic mass is 10.0. The highest BCUT2D eigenvalue weighted by molar-refractivity contribution is 7.72. The maximum Gasteiger partial charge on any atom is 0.380 e. The average Bonchev–Trinajstić information content (AvgIpc) is 3.06. The van der Waals surface area contributed by atoms with Crippen LogP contribution < -0.4 is 4.52 Å². The van der Waals surface area contributed by atoms with E-state index in [-0.39, 0.29) is 30.1 Å². The first-order valence-electron chi connectivity index (χ1n) is 11.2. The number of H-pyrrole nitrogens is 1. The lowest BCUT2D eigenvalue weighted by molar-refractivity contribution is -0.151. The molecule has 2 aromatic rings. The van der Waals surface area contributed by atoms with Crippen LogP contribution in [0.2, 0.25) is 0 Å². The molecule has 1 N–H and O–H groups in total. The second-order valence-corrected chi connectivity index (χ2v) is 11.8. The van der Waals surface area contributed by atoms with Crippen LogP contribution in [0.15, 0.2) is 42.6 Å². The van der Waals surface area contributed by atoms with E-state index in [2.05, 4.69) is 4.98 Å². The predicted molar refractivity (Wildman–Crippen MR) is 134 cm³/mol. The molecule has 2 unspecified atom stereocenters. The van der Waals surface area contributed by atoms with Gasteiger partial charge in [0.05, 0.1) is 30.9 Å². The monoisotopic (exact) mass is 544 g/mol. The molecule has 0 bridgehead atoms. The molecule has 2 heterocycles. The minimum Gasteiger partial charge on any atom is -0.463 e. The molecule has 1 aromatic carbocycles. The van der Waals surface area contributed by atoms with Gasteiger partial charge in [-0.05, 0) is 51.2 Å². The third kappa shape index (κ3) is 7.54. The normalized spacial score (nSPS) is 24.6. The molecule has 192 valence electrons. The van der Waals surface area contributed by atoms with Crippen molar-refractivity contribution in [1.82, 2.24) is 9.55 Å². The summed E-state index contributed by atoms with van der Waals surface area (Å²) in [6.45, 7) is 6.26. The van der Waals surface area contributed by atoms with Gasteiger partial charge in [0.25, 0.3) is 0 Å². The summed E-state index contributed by atoms with van der Waals surface area (Å²) in [6.07, 6.45) is -0.735. The minimum absolute atomic E-state index is 0.0225. The number of esters is 1. The van der Waals surface area contributed by atoms with Crippen LogP contribution in [0, 0.1) is 15.3 Å². The molecular weight excluding hydrogens is 514 g/mol. The molecule has 8 nitrogen and oxygen atoms in total. The van der Waals surface area contributed by atoms with Gasteiger partial charge in [0.1, 0.15) is 10.4 Å². The first kappa shape index (κ1) is 27.7. The van der Waals surface area contributed by atoms with E-state index in [0.717, 1.165) is 0 Å². The number of hydrogen-bond donors (Lipinski definition) is 1. The molecule has 0 radical (unpaired) electrons. The first-order valence-corrected chi connectivity index (χ1v) is 13.8. The first-order chi connectivity index (χ1) is 16.4. The molecule has 0 saturated carbocycles. The SMILES string of the molecule is CC(C)OC(=O)[C@H](C)CP(=O)(OC[C@@H]1CC(C)(F)[C@H](n2ccc(=S)[nH]c2=S)O1)Oc1ccccc1.